The normalized spacial score (nSPS) is 19.0. The van der Waals surface area contributed by atoms with Gasteiger partial charge in [0.2, 0.25) is 11.7 Å². The van der Waals surface area contributed by atoms with Crippen LogP contribution in [-0.2, 0) is 11.3 Å². The number of nitrogens with zero attached hydrogens (tertiary/aromatic N) is 5. The van der Waals surface area contributed by atoms with Gasteiger partial charge in [-0.3, -0.25) is 9.59 Å². The monoisotopic (exact) mass is 392 g/mol. The predicted octanol–water partition coefficient (Wildman–Crippen LogP) is 2.19. The van der Waals surface area contributed by atoms with E-state index in [0.717, 1.165) is 31.2 Å². The number of aromatic nitrogens is 5. The minimum atomic E-state index is -0.0870. The number of benzene rings is 1. The molecule has 0 spiro atoms. The van der Waals surface area contributed by atoms with Crippen molar-refractivity contribution in [2.75, 3.05) is 0 Å². The fraction of sp³-hybridized carbons (Fsp3) is 0.381. The van der Waals surface area contributed by atoms with Crippen molar-refractivity contribution in [3.05, 3.63) is 65.1 Å². The number of pyridine rings is 1. The largest absolute Gasteiger partial charge is 0.353 e. The Balaban J connectivity index is 1.25. The van der Waals surface area contributed by atoms with Crippen LogP contribution in [0, 0.1) is 0 Å². The maximum absolute atomic E-state index is 12.2. The van der Waals surface area contributed by atoms with E-state index in [9.17, 15) is 9.59 Å². The van der Waals surface area contributed by atoms with Crippen molar-refractivity contribution in [2.45, 2.75) is 50.7 Å². The lowest BCUT2D eigenvalue weighted by Gasteiger charge is -2.28. The second kappa shape index (κ2) is 8.81. The summed E-state index contributed by atoms with van der Waals surface area (Å²) in [6.45, 7) is 0.395. The molecule has 4 rings (SSSR count). The van der Waals surface area contributed by atoms with Gasteiger partial charge in [-0.15, -0.1) is 10.2 Å². The predicted molar refractivity (Wildman–Crippen MR) is 108 cm³/mol. The highest BCUT2D eigenvalue weighted by atomic mass is 16.2. The molecule has 150 valence electrons. The Bertz CT molecular complexity index is 1010. The highest BCUT2D eigenvalue weighted by molar-refractivity contribution is 5.76. The standard InChI is InChI=1S/C21H24N6O2/c28-19(13-15-26-14-5-4-8-20(26)29)22-17-9-11-18(12-10-17)27-24-21(23-25-27)16-6-2-1-3-7-16/h1-8,14,17-18H,9-13,15H2,(H,22,28). The van der Waals surface area contributed by atoms with Crippen molar-refractivity contribution in [3.63, 3.8) is 0 Å². The second-order valence-corrected chi connectivity index (χ2v) is 7.35. The Morgan fingerprint density at radius 1 is 1.03 bits per heavy atom. The number of tetrazole rings is 1. The van der Waals surface area contributed by atoms with Crippen molar-refractivity contribution >= 4 is 5.91 Å². The Hall–Kier alpha value is -3.29. The van der Waals surface area contributed by atoms with Gasteiger partial charge in [0.05, 0.1) is 6.04 Å². The molecule has 1 aliphatic carbocycles. The van der Waals surface area contributed by atoms with E-state index in [4.69, 9.17) is 0 Å². The molecule has 0 atom stereocenters. The number of carbonyl (C=O) groups is 1. The summed E-state index contributed by atoms with van der Waals surface area (Å²) in [4.78, 5) is 25.6. The first-order chi connectivity index (χ1) is 14.2. The molecule has 1 saturated carbocycles. The van der Waals surface area contributed by atoms with Crippen molar-refractivity contribution in [1.29, 1.82) is 0 Å². The third-order valence-electron chi connectivity index (χ3n) is 5.33. The fourth-order valence-corrected chi connectivity index (χ4v) is 3.70. The topological polar surface area (TPSA) is 94.7 Å². The first kappa shape index (κ1) is 19.0. The van der Waals surface area contributed by atoms with Crippen LogP contribution in [0.25, 0.3) is 11.4 Å². The first-order valence-corrected chi connectivity index (χ1v) is 9.99. The zero-order valence-electron chi connectivity index (χ0n) is 16.1. The number of hydrogen-bond donors (Lipinski definition) is 1. The van der Waals surface area contributed by atoms with Crippen molar-refractivity contribution < 1.29 is 4.79 Å². The molecule has 8 heteroatoms. The molecule has 1 aliphatic rings. The summed E-state index contributed by atoms with van der Waals surface area (Å²) in [5, 5.41) is 16.0. The molecule has 0 radical (unpaired) electrons. The van der Waals surface area contributed by atoms with Gasteiger partial charge in [-0.1, -0.05) is 36.4 Å². The Morgan fingerprint density at radius 2 is 1.79 bits per heavy atom. The molecule has 1 amide bonds. The van der Waals surface area contributed by atoms with Gasteiger partial charge in [0, 0.05) is 36.8 Å². The summed E-state index contributed by atoms with van der Waals surface area (Å²) in [5.41, 5.74) is 0.869. The third-order valence-corrected chi connectivity index (χ3v) is 5.33. The lowest BCUT2D eigenvalue weighted by molar-refractivity contribution is -0.122. The minimum absolute atomic E-state index is 0.0190. The van der Waals surface area contributed by atoms with E-state index in [2.05, 4.69) is 20.7 Å². The van der Waals surface area contributed by atoms with E-state index in [1.54, 1.807) is 27.7 Å². The molecule has 1 N–H and O–H groups in total. The highest BCUT2D eigenvalue weighted by Gasteiger charge is 2.25. The second-order valence-electron chi connectivity index (χ2n) is 7.35. The van der Waals surface area contributed by atoms with E-state index < -0.39 is 0 Å². The number of carbonyl (C=O) groups excluding carboxylic acids is 1. The van der Waals surface area contributed by atoms with Crippen LogP contribution >= 0.6 is 0 Å². The van der Waals surface area contributed by atoms with Crippen LogP contribution in [0.5, 0.6) is 0 Å². The van der Waals surface area contributed by atoms with E-state index in [0.29, 0.717) is 18.8 Å². The van der Waals surface area contributed by atoms with Gasteiger partial charge in [-0.25, -0.2) is 0 Å². The van der Waals surface area contributed by atoms with Crippen molar-refractivity contribution in [2.24, 2.45) is 0 Å². The number of aryl methyl sites for hydroxylation is 1. The minimum Gasteiger partial charge on any atom is -0.353 e. The van der Waals surface area contributed by atoms with Crippen LogP contribution in [0.1, 0.15) is 38.1 Å². The van der Waals surface area contributed by atoms with Gasteiger partial charge < -0.3 is 9.88 Å². The molecular weight excluding hydrogens is 368 g/mol. The molecule has 1 aromatic carbocycles. The van der Waals surface area contributed by atoms with Crippen LogP contribution in [-0.4, -0.2) is 36.7 Å². The molecule has 2 aromatic heterocycles. The van der Waals surface area contributed by atoms with E-state index in [1.165, 1.54) is 6.07 Å². The molecule has 0 saturated heterocycles. The zero-order chi connectivity index (χ0) is 20.1. The highest BCUT2D eigenvalue weighted by Crippen LogP contribution is 2.27. The van der Waals surface area contributed by atoms with E-state index in [1.807, 2.05) is 30.3 Å². The molecule has 29 heavy (non-hydrogen) atoms. The SMILES string of the molecule is O=C(CCn1ccccc1=O)NC1CCC(n2nnc(-c3ccccc3)n2)CC1. The molecule has 0 aliphatic heterocycles. The summed E-state index contributed by atoms with van der Waals surface area (Å²) in [5.74, 6) is 0.617. The van der Waals surface area contributed by atoms with Gasteiger partial charge in [-0.2, -0.15) is 4.80 Å². The molecular formula is C21H24N6O2. The molecule has 0 bridgehead atoms. The molecule has 0 unspecified atom stereocenters. The smallest absolute Gasteiger partial charge is 0.250 e. The van der Waals surface area contributed by atoms with Gasteiger partial charge in [-0.05, 0) is 37.0 Å². The number of rotatable bonds is 6. The van der Waals surface area contributed by atoms with Gasteiger partial charge in [0.1, 0.15) is 0 Å². The maximum Gasteiger partial charge on any atom is 0.250 e. The number of nitrogens with one attached hydrogen (secondary N) is 1. The van der Waals surface area contributed by atoms with Crippen LogP contribution in [0.15, 0.2) is 59.5 Å². The quantitative estimate of drug-likeness (QED) is 0.694. The van der Waals surface area contributed by atoms with Gasteiger partial charge in [0.15, 0.2) is 0 Å². The average Bonchev–Trinajstić information content (AvgIpc) is 3.25. The van der Waals surface area contributed by atoms with Crippen molar-refractivity contribution in [3.8, 4) is 11.4 Å². The van der Waals surface area contributed by atoms with Gasteiger partial charge in [0.25, 0.3) is 5.56 Å². The van der Waals surface area contributed by atoms with E-state index in [-0.39, 0.29) is 23.6 Å². The van der Waals surface area contributed by atoms with Crippen LogP contribution in [0.3, 0.4) is 0 Å². The average molecular weight is 392 g/mol. The van der Waals surface area contributed by atoms with E-state index >= 15 is 0 Å². The summed E-state index contributed by atoms with van der Waals surface area (Å²) < 4.78 is 1.55. The summed E-state index contributed by atoms with van der Waals surface area (Å²) >= 11 is 0. The number of hydrogen-bond acceptors (Lipinski definition) is 5. The Labute approximate surface area is 168 Å². The lowest BCUT2D eigenvalue weighted by Crippen LogP contribution is -2.38. The van der Waals surface area contributed by atoms with Crippen LogP contribution < -0.4 is 10.9 Å². The third kappa shape index (κ3) is 4.77. The maximum atomic E-state index is 12.2. The molecule has 3 aromatic rings. The molecule has 1 fully saturated rings. The van der Waals surface area contributed by atoms with Crippen molar-refractivity contribution in [1.82, 2.24) is 30.1 Å². The molecule has 2 heterocycles. The van der Waals surface area contributed by atoms with Crippen LogP contribution in [0.4, 0.5) is 0 Å². The fourth-order valence-electron chi connectivity index (χ4n) is 3.70. The first-order valence-electron chi connectivity index (χ1n) is 9.99. The van der Waals surface area contributed by atoms with Gasteiger partial charge >= 0.3 is 0 Å². The summed E-state index contributed by atoms with van der Waals surface area (Å²) in [6, 6.07) is 15.2. The number of amides is 1. The summed E-state index contributed by atoms with van der Waals surface area (Å²) in [6.07, 6.45) is 5.56. The lowest BCUT2D eigenvalue weighted by atomic mass is 9.91. The Morgan fingerprint density at radius 3 is 2.55 bits per heavy atom. The zero-order valence-corrected chi connectivity index (χ0v) is 16.1. The Kier molecular flexibility index (Phi) is 5.79. The van der Waals surface area contributed by atoms with Crippen LogP contribution in [0.2, 0.25) is 0 Å². The summed E-state index contributed by atoms with van der Waals surface area (Å²) in [7, 11) is 0. The molecule has 8 nitrogen and oxygen atoms in total.